The highest BCUT2D eigenvalue weighted by atomic mass is 16.7. The van der Waals surface area contributed by atoms with E-state index in [4.69, 9.17) is 15.0 Å². The second kappa shape index (κ2) is 4.89. The molecule has 0 bridgehead atoms. The van der Waals surface area contributed by atoms with Gasteiger partial charge >= 0.3 is 7.12 Å². The van der Waals surface area contributed by atoms with Gasteiger partial charge in [0.25, 0.3) is 0 Å². The number of nitrogens with zero attached hydrogens (tertiary/aromatic N) is 1. The van der Waals surface area contributed by atoms with E-state index in [0.29, 0.717) is 6.54 Å². The van der Waals surface area contributed by atoms with Crippen molar-refractivity contribution in [3.63, 3.8) is 0 Å². The third kappa shape index (κ3) is 2.83. The van der Waals surface area contributed by atoms with Gasteiger partial charge in [0.1, 0.15) is 0 Å². The third-order valence-electron chi connectivity index (χ3n) is 3.96. The van der Waals surface area contributed by atoms with Gasteiger partial charge in [0.15, 0.2) is 0 Å². The zero-order chi connectivity index (χ0) is 14.3. The van der Waals surface area contributed by atoms with Crippen molar-refractivity contribution < 1.29 is 9.31 Å². The molecule has 1 aliphatic heterocycles. The smallest absolute Gasteiger partial charge is 0.398 e. The topological polar surface area (TPSA) is 57.4 Å². The number of aromatic nitrogens is 1. The molecule has 1 aliphatic rings. The maximum atomic E-state index is 6.02. The van der Waals surface area contributed by atoms with Crippen LogP contribution in [0.4, 0.5) is 0 Å². The molecule has 1 aromatic heterocycles. The molecule has 104 valence electrons. The first-order valence-electron chi connectivity index (χ1n) is 6.78. The zero-order valence-corrected chi connectivity index (χ0v) is 12.5. The van der Waals surface area contributed by atoms with Gasteiger partial charge in [0.05, 0.1) is 16.8 Å². The highest BCUT2D eigenvalue weighted by Crippen LogP contribution is 2.36. The average Bonchev–Trinajstić information content (AvgIpc) is 2.48. The Kier molecular flexibility index (Phi) is 3.73. The van der Waals surface area contributed by atoms with Crippen LogP contribution in [-0.4, -0.2) is 29.8 Å². The molecule has 0 unspecified atom stereocenters. The summed E-state index contributed by atoms with van der Waals surface area (Å²) in [6, 6.07) is 4.09. The second-order valence-corrected chi connectivity index (χ2v) is 6.17. The van der Waals surface area contributed by atoms with Crippen LogP contribution in [0.3, 0.4) is 0 Å². The molecule has 1 aromatic rings. The minimum atomic E-state index is -0.401. The van der Waals surface area contributed by atoms with Crippen LogP contribution in [0.15, 0.2) is 12.1 Å². The predicted molar refractivity (Wildman–Crippen MR) is 77.4 cm³/mol. The molecule has 4 nitrogen and oxygen atoms in total. The summed E-state index contributed by atoms with van der Waals surface area (Å²) >= 11 is 0. The largest absolute Gasteiger partial charge is 0.514 e. The van der Waals surface area contributed by atoms with E-state index in [2.05, 4.69) is 11.1 Å². The summed E-state index contributed by atoms with van der Waals surface area (Å²) in [6.07, 6.45) is 0.843. The van der Waals surface area contributed by atoms with E-state index < -0.39 is 7.12 Å². The van der Waals surface area contributed by atoms with E-state index in [1.807, 2.05) is 40.7 Å². The van der Waals surface area contributed by atoms with Crippen molar-refractivity contribution in [2.24, 2.45) is 5.73 Å². The van der Waals surface area contributed by atoms with Gasteiger partial charge in [-0.3, -0.25) is 4.98 Å². The molecule has 0 radical (unpaired) electrons. The number of nitrogens with two attached hydrogens (primary N) is 1. The highest BCUT2D eigenvalue weighted by molar-refractivity contribution is 6.61. The highest BCUT2D eigenvalue weighted by Gasteiger charge is 2.52. The monoisotopic (exact) mass is 262 g/mol. The molecule has 1 fully saturated rings. The van der Waals surface area contributed by atoms with E-state index in [1.54, 1.807) is 0 Å². The lowest BCUT2D eigenvalue weighted by Crippen LogP contribution is -2.41. The summed E-state index contributed by atoms with van der Waals surface area (Å²) in [4.78, 5) is 4.54. The van der Waals surface area contributed by atoms with Crippen molar-refractivity contribution in [2.45, 2.75) is 52.2 Å². The van der Waals surface area contributed by atoms with Crippen molar-refractivity contribution in [3.05, 3.63) is 23.4 Å². The van der Waals surface area contributed by atoms with Crippen molar-refractivity contribution in [3.8, 4) is 0 Å². The Morgan fingerprint density at radius 3 is 2.26 bits per heavy atom. The number of aryl methyl sites for hydroxylation is 1. The first-order valence-corrected chi connectivity index (χ1v) is 6.78. The van der Waals surface area contributed by atoms with Crippen LogP contribution in [0.1, 0.15) is 39.0 Å². The van der Waals surface area contributed by atoms with Gasteiger partial charge in [-0.05, 0) is 65.3 Å². The molecule has 2 rings (SSSR count). The van der Waals surface area contributed by atoms with Crippen LogP contribution in [0, 0.1) is 6.92 Å². The van der Waals surface area contributed by atoms with E-state index >= 15 is 0 Å². The number of pyridine rings is 1. The Bertz CT molecular complexity index is 459. The number of rotatable bonds is 3. The van der Waals surface area contributed by atoms with Crippen LogP contribution < -0.4 is 11.3 Å². The van der Waals surface area contributed by atoms with Gasteiger partial charge in [-0.25, -0.2) is 0 Å². The fraction of sp³-hybridized carbons (Fsp3) is 0.643. The fourth-order valence-electron chi connectivity index (χ4n) is 2.16. The van der Waals surface area contributed by atoms with Crippen LogP contribution in [-0.2, 0) is 15.7 Å². The average molecular weight is 262 g/mol. The lowest BCUT2D eigenvalue weighted by atomic mass is 9.83. The Balaban J connectivity index is 2.29. The van der Waals surface area contributed by atoms with Gasteiger partial charge in [-0.2, -0.15) is 0 Å². The summed E-state index contributed by atoms with van der Waals surface area (Å²) in [5.74, 6) is 0. The van der Waals surface area contributed by atoms with Crippen LogP contribution >= 0.6 is 0 Å². The Morgan fingerprint density at radius 2 is 1.74 bits per heavy atom. The van der Waals surface area contributed by atoms with Crippen LogP contribution in [0.2, 0.25) is 0 Å². The Labute approximate surface area is 115 Å². The molecule has 5 heteroatoms. The van der Waals surface area contributed by atoms with Crippen molar-refractivity contribution in [1.82, 2.24) is 4.98 Å². The van der Waals surface area contributed by atoms with Gasteiger partial charge in [-0.15, -0.1) is 0 Å². The third-order valence-corrected chi connectivity index (χ3v) is 3.96. The molecule has 2 N–H and O–H groups in total. The van der Waals surface area contributed by atoms with E-state index in [0.717, 1.165) is 17.7 Å². The maximum Gasteiger partial charge on any atom is 0.514 e. The summed E-state index contributed by atoms with van der Waals surface area (Å²) < 4.78 is 12.0. The zero-order valence-electron chi connectivity index (χ0n) is 12.5. The van der Waals surface area contributed by atoms with Gasteiger partial charge in [0.2, 0.25) is 0 Å². The molecule has 0 atom stereocenters. The minimum absolute atomic E-state index is 0.336. The normalized spacial score (nSPS) is 20.8. The molecular formula is C14H23BN2O2. The molecule has 2 heterocycles. The first-order chi connectivity index (χ1) is 8.75. The summed E-state index contributed by atoms with van der Waals surface area (Å²) in [6.45, 7) is 10.8. The number of hydrogen-bond acceptors (Lipinski definition) is 4. The summed E-state index contributed by atoms with van der Waals surface area (Å²) in [7, 11) is -0.401. The molecule has 0 spiro atoms. The lowest BCUT2D eigenvalue weighted by molar-refractivity contribution is 0.00578. The van der Waals surface area contributed by atoms with Gasteiger partial charge in [-0.1, -0.05) is 0 Å². The molecule has 0 aliphatic carbocycles. The standard InChI is InChI=1S/C14H23BN2O2/c1-10-8-11(6-7-16)9-12(17-10)15-18-13(2,3)14(4,5)19-15/h8-9H,6-7,16H2,1-5H3. The molecule has 0 amide bonds. The molecule has 0 saturated carbocycles. The van der Waals surface area contributed by atoms with E-state index in [9.17, 15) is 0 Å². The van der Waals surface area contributed by atoms with Crippen molar-refractivity contribution in [1.29, 1.82) is 0 Å². The molecular weight excluding hydrogens is 239 g/mol. The van der Waals surface area contributed by atoms with E-state index in [1.165, 1.54) is 5.56 Å². The van der Waals surface area contributed by atoms with Gasteiger partial charge in [0, 0.05) is 5.69 Å². The summed E-state index contributed by atoms with van der Waals surface area (Å²) in [5.41, 5.74) is 7.93. The molecule has 1 saturated heterocycles. The maximum absolute atomic E-state index is 6.02. The first kappa shape index (κ1) is 14.5. The Hall–Kier alpha value is -0.905. The van der Waals surface area contributed by atoms with Crippen LogP contribution in [0.25, 0.3) is 0 Å². The van der Waals surface area contributed by atoms with E-state index in [-0.39, 0.29) is 11.2 Å². The summed E-state index contributed by atoms with van der Waals surface area (Å²) in [5, 5.41) is 0. The quantitative estimate of drug-likeness (QED) is 0.831. The van der Waals surface area contributed by atoms with Crippen molar-refractivity contribution >= 4 is 12.7 Å². The molecule has 0 aromatic carbocycles. The van der Waals surface area contributed by atoms with Crippen molar-refractivity contribution in [2.75, 3.05) is 6.54 Å². The second-order valence-electron chi connectivity index (χ2n) is 6.17. The molecule has 19 heavy (non-hydrogen) atoms. The van der Waals surface area contributed by atoms with Gasteiger partial charge < -0.3 is 15.0 Å². The fourth-order valence-corrected chi connectivity index (χ4v) is 2.16. The predicted octanol–water partition coefficient (Wildman–Crippen LogP) is 1.19. The SMILES string of the molecule is Cc1cc(CCN)cc(B2OC(C)(C)C(C)(C)O2)n1. The Morgan fingerprint density at radius 1 is 1.16 bits per heavy atom. The van der Waals surface area contributed by atoms with Crippen LogP contribution in [0.5, 0.6) is 0 Å². The number of hydrogen-bond donors (Lipinski definition) is 1. The lowest BCUT2D eigenvalue weighted by Gasteiger charge is -2.32. The minimum Gasteiger partial charge on any atom is -0.398 e.